The summed E-state index contributed by atoms with van der Waals surface area (Å²) in [7, 11) is 3.78. The number of hydrogen-bond acceptors (Lipinski definition) is 5. The fraction of sp³-hybridized carbons (Fsp3) is 0.200. The van der Waals surface area contributed by atoms with Crippen LogP contribution < -0.4 is 15.4 Å². The lowest BCUT2D eigenvalue weighted by molar-refractivity contribution is 0.0948. The fourth-order valence-electron chi connectivity index (χ4n) is 3.09. The molecule has 3 aromatic rings. The maximum atomic E-state index is 14.2. The maximum Gasteiger partial charge on any atom is 0.255 e. The van der Waals surface area contributed by atoms with Crippen LogP contribution in [0.2, 0.25) is 0 Å². The zero-order chi connectivity index (χ0) is 23.8. The normalized spacial score (nSPS) is 10.7. The number of halogens is 2. The molecule has 0 atom stereocenters. The number of nitrogens with one attached hydrogen (secondary N) is 3. The highest BCUT2D eigenvalue weighted by Gasteiger charge is 2.19. The van der Waals surface area contributed by atoms with Gasteiger partial charge in [0.05, 0.1) is 5.56 Å². The standard InChI is InChI=1S/C25H26F2N4O2/c1-31(2)11-10-29-25(32)20-14-22(30-16-17-6-4-3-5-7-17)18(15-28)12-24(20)33-23-9-8-19(26)13-21(23)27/h3-9,12-15,28,30H,10-11,16H2,1-2H3,(H,29,32). The molecule has 6 nitrogen and oxygen atoms in total. The van der Waals surface area contributed by atoms with Crippen molar-refractivity contribution in [3.8, 4) is 11.5 Å². The first-order chi connectivity index (χ1) is 15.9. The molecule has 3 N–H and O–H groups in total. The van der Waals surface area contributed by atoms with Crippen LogP contribution in [-0.2, 0) is 6.54 Å². The summed E-state index contributed by atoms with van der Waals surface area (Å²) >= 11 is 0. The smallest absolute Gasteiger partial charge is 0.255 e. The van der Waals surface area contributed by atoms with Crippen LogP contribution in [0.5, 0.6) is 11.5 Å². The number of ether oxygens (including phenoxy) is 1. The molecule has 0 aliphatic heterocycles. The van der Waals surface area contributed by atoms with Crippen LogP contribution in [0.3, 0.4) is 0 Å². The second kappa shape index (κ2) is 11.2. The zero-order valence-corrected chi connectivity index (χ0v) is 18.5. The molecule has 33 heavy (non-hydrogen) atoms. The molecule has 0 saturated carbocycles. The Morgan fingerprint density at radius 1 is 1.06 bits per heavy atom. The van der Waals surface area contributed by atoms with E-state index in [0.717, 1.165) is 23.9 Å². The van der Waals surface area contributed by atoms with E-state index in [-0.39, 0.29) is 17.1 Å². The minimum absolute atomic E-state index is 0.0617. The summed E-state index contributed by atoms with van der Waals surface area (Å²) in [6.07, 6.45) is 1.12. The van der Waals surface area contributed by atoms with E-state index in [1.165, 1.54) is 6.07 Å². The Morgan fingerprint density at radius 2 is 1.82 bits per heavy atom. The van der Waals surface area contributed by atoms with Gasteiger partial charge in [-0.1, -0.05) is 30.3 Å². The molecule has 3 aromatic carbocycles. The van der Waals surface area contributed by atoms with Crippen LogP contribution in [0.1, 0.15) is 21.5 Å². The van der Waals surface area contributed by atoms with Gasteiger partial charge in [-0.15, -0.1) is 0 Å². The molecule has 0 unspecified atom stereocenters. The Bertz CT molecular complexity index is 1120. The molecule has 172 valence electrons. The molecular formula is C25H26F2N4O2. The van der Waals surface area contributed by atoms with Gasteiger partial charge in [-0.05, 0) is 43.9 Å². The third-order valence-electron chi connectivity index (χ3n) is 4.84. The topological polar surface area (TPSA) is 77.5 Å². The summed E-state index contributed by atoms with van der Waals surface area (Å²) < 4.78 is 33.2. The van der Waals surface area contributed by atoms with E-state index in [1.54, 1.807) is 6.07 Å². The van der Waals surface area contributed by atoms with Gasteiger partial charge in [0.15, 0.2) is 11.6 Å². The number of amides is 1. The van der Waals surface area contributed by atoms with Crippen molar-refractivity contribution in [2.45, 2.75) is 6.54 Å². The first-order valence-corrected chi connectivity index (χ1v) is 10.4. The molecule has 0 fully saturated rings. The minimum atomic E-state index is -0.892. The summed E-state index contributed by atoms with van der Waals surface area (Å²) in [4.78, 5) is 14.9. The molecule has 3 rings (SSSR count). The van der Waals surface area contributed by atoms with Crippen LogP contribution >= 0.6 is 0 Å². The number of carbonyl (C=O) groups excluding carboxylic acids is 1. The van der Waals surface area contributed by atoms with Crippen molar-refractivity contribution in [2.24, 2.45) is 0 Å². The number of likely N-dealkylation sites (N-methyl/N-ethyl adjacent to an activating group) is 1. The largest absolute Gasteiger partial charge is 0.453 e. The van der Waals surface area contributed by atoms with Gasteiger partial charge in [0.1, 0.15) is 11.6 Å². The Hall–Kier alpha value is -3.78. The van der Waals surface area contributed by atoms with Gasteiger partial charge in [0, 0.05) is 43.2 Å². The average molecular weight is 453 g/mol. The van der Waals surface area contributed by atoms with Gasteiger partial charge < -0.3 is 25.7 Å². The van der Waals surface area contributed by atoms with Crippen LogP contribution in [0, 0.1) is 17.0 Å². The lowest BCUT2D eigenvalue weighted by Crippen LogP contribution is -2.31. The number of carbonyl (C=O) groups is 1. The molecule has 0 heterocycles. The van der Waals surface area contributed by atoms with Crippen molar-refractivity contribution in [3.63, 3.8) is 0 Å². The second-order valence-corrected chi connectivity index (χ2v) is 7.66. The monoisotopic (exact) mass is 452 g/mol. The summed E-state index contributed by atoms with van der Waals surface area (Å²) in [5.41, 5.74) is 2.20. The summed E-state index contributed by atoms with van der Waals surface area (Å²) in [6, 6.07) is 15.7. The predicted octanol–water partition coefficient (Wildman–Crippen LogP) is 4.66. The van der Waals surface area contributed by atoms with Crippen molar-refractivity contribution in [1.29, 1.82) is 5.41 Å². The summed E-state index contributed by atoms with van der Waals surface area (Å²) in [5, 5.41) is 13.9. The number of anilines is 1. The van der Waals surface area contributed by atoms with Crippen molar-refractivity contribution in [1.82, 2.24) is 10.2 Å². The minimum Gasteiger partial charge on any atom is -0.453 e. The van der Waals surface area contributed by atoms with Crippen LogP contribution in [0.4, 0.5) is 14.5 Å². The van der Waals surface area contributed by atoms with E-state index in [1.807, 2.05) is 49.3 Å². The van der Waals surface area contributed by atoms with Gasteiger partial charge >= 0.3 is 0 Å². The Labute approximate surface area is 191 Å². The van der Waals surface area contributed by atoms with E-state index < -0.39 is 17.5 Å². The SMILES string of the molecule is CN(C)CCNC(=O)c1cc(NCc2ccccc2)c(C=N)cc1Oc1ccc(F)cc1F. The van der Waals surface area contributed by atoms with Crippen molar-refractivity contribution in [2.75, 3.05) is 32.5 Å². The summed E-state index contributed by atoms with van der Waals surface area (Å²) in [6.45, 7) is 1.51. The van der Waals surface area contributed by atoms with Gasteiger partial charge in [0.25, 0.3) is 5.91 Å². The molecule has 0 spiro atoms. The van der Waals surface area contributed by atoms with Crippen LogP contribution in [0.25, 0.3) is 0 Å². The molecular weight excluding hydrogens is 426 g/mol. The number of rotatable bonds is 10. The van der Waals surface area contributed by atoms with Crippen molar-refractivity contribution >= 4 is 17.8 Å². The van der Waals surface area contributed by atoms with Gasteiger partial charge in [-0.2, -0.15) is 0 Å². The van der Waals surface area contributed by atoms with E-state index in [9.17, 15) is 13.6 Å². The molecule has 0 aliphatic carbocycles. The quantitative estimate of drug-likeness (QED) is 0.391. The highest BCUT2D eigenvalue weighted by atomic mass is 19.1. The average Bonchev–Trinajstić information content (AvgIpc) is 2.80. The number of hydrogen-bond donors (Lipinski definition) is 3. The van der Waals surface area contributed by atoms with Gasteiger partial charge in [-0.25, -0.2) is 8.78 Å². The van der Waals surface area contributed by atoms with E-state index in [2.05, 4.69) is 10.6 Å². The third-order valence-corrected chi connectivity index (χ3v) is 4.84. The lowest BCUT2D eigenvalue weighted by Gasteiger charge is -2.17. The number of nitrogens with zero attached hydrogens (tertiary/aromatic N) is 1. The van der Waals surface area contributed by atoms with Gasteiger partial charge in [0.2, 0.25) is 0 Å². The lowest BCUT2D eigenvalue weighted by atomic mass is 10.1. The van der Waals surface area contributed by atoms with E-state index >= 15 is 0 Å². The van der Waals surface area contributed by atoms with Gasteiger partial charge in [-0.3, -0.25) is 4.79 Å². The fourth-order valence-corrected chi connectivity index (χ4v) is 3.09. The first-order valence-electron chi connectivity index (χ1n) is 10.4. The van der Waals surface area contributed by atoms with Crippen molar-refractivity contribution in [3.05, 3.63) is 89.0 Å². The molecule has 0 saturated heterocycles. The Morgan fingerprint density at radius 3 is 2.48 bits per heavy atom. The molecule has 0 radical (unpaired) electrons. The molecule has 8 heteroatoms. The third kappa shape index (κ3) is 6.60. The van der Waals surface area contributed by atoms with E-state index in [0.29, 0.717) is 37.0 Å². The highest BCUT2D eigenvalue weighted by Crippen LogP contribution is 2.32. The molecule has 0 aliphatic rings. The van der Waals surface area contributed by atoms with E-state index in [4.69, 9.17) is 10.1 Å². The molecule has 0 bridgehead atoms. The Kier molecular flexibility index (Phi) is 8.10. The Balaban J connectivity index is 1.94. The number of benzene rings is 3. The highest BCUT2D eigenvalue weighted by molar-refractivity contribution is 6.00. The predicted molar refractivity (Wildman–Crippen MR) is 125 cm³/mol. The van der Waals surface area contributed by atoms with Crippen molar-refractivity contribution < 1.29 is 18.3 Å². The van der Waals surface area contributed by atoms with Crippen LogP contribution in [0.15, 0.2) is 60.7 Å². The van der Waals surface area contributed by atoms with Crippen LogP contribution in [-0.4, -0.2) is 44.2 Å². The maximum absolute atomic E-state index is 14.2. The second-order valence-electron chi connectivity index (χ2n) is 7.66. The first kappa shape index (κ1) is 23.9. The zero-order valence-electron chi connectivity index (χ0n) is 18.5. The summed E-state index contributed by atoms with van der Waals surface area (Å²) in [5.74, 6) is -2.20. The molecule has 0 aromatic heterocycles. The molecule has 1 amide bonds.